The van der Waals surface area contributed by atoms with Gasteiger partial charge in [0.2, 0.25) is 0 Å². The molecule has 0 aliphatic heterocycles. The zero-order valence-electron chi connectivity index (χ0n) is 14.8. The molecule has 0 bridgehead atoms. The van der Waals surface area contributed by atoms with Gasteiger partial charge in [0, 0.05) is 15.4 Å². The molecule has 1 aromatic carbocycles. The topological polar surface area (TPSA) is 59.1 Å². The van der Waals surface area contributed by atoms with Crippen LogP contribution in [0.2, 0.25) is 0 Å². The molecule has 7 heteroatoms. The highest BCUT2D eigenvalue weighted by Gasteiger charge is 2.22. The summed E-state index contributed by atoms with van der Waals surface area (Å²) in [5, 5.41) is 0.871. The Morgan fingerprint density at radius 2 is 1.52 bits per heavy atom. The fourth-order valence-corrected chi connectivity index (χ4v) is 6.25. The van der Waals surface area contributed by atoms with Crippen LogP contribution >= 0.6 is 22.7 Å². The Morgan fingerprint density at radius 1 is 0.880 bits per heavy atom. The second-order valence-corrected chi connectivity index (χ2v) is 10.3. The Morgan fingerprint density at radius 3 is 2.08 bits per heavy atom. The van der Waals surface area contributed by atoms with E-state index in [0.29, 0.717) is 10.6 Å². The van der Waals surface area contributed by atoms with Crippen LogP contribution in [0.1, 0.15) is 26.6 Å². The second kappa shape index (κ2) is 6.55. The maximum Gasteiger partial charge on any atom is 0.263 e. The molecule has 0 radical (unpaired) electrons. The monoisotopic (exact) mass is 392 g/mol. The smallest absolute Gasteiger partial charge is 0.263 e. The molecule has 0 saturated heterocycles. The van der Waals surface area contributed by atoms with Gasteiger partial charge in [0.1, 0.15) is 9.90 Å². The van der Waals surface area contributed by atoms with Crippen LogP contribution in [-0.2, 0) is 10.0 Å². The van der Waals surface area contributed by atoms with Crippen molar-refractivity contribution in [2.75, 3.05) is 4.72 Å². The molecule has 2 heterocycles. The zero-order valence-corrected chi connectivity index (χ0v) is 17.2. The van der Waals surface area contributed by atoms with E-state index in [-0.39, 0.29) is 0 Å². The molecule has 0 aliphatic carbocycles. The van der Waals surface area contributed by atoms with Crippen LogP contribution in [0.5, 0.6) is 0 Å². The fraction of sp³-hybridized carbons (Fsp3) is 0.278. The molecule has 1 N–H and O–H groups in total. The zero-order chi connectivity index (χ0) is 18.4. The number of nitrogens with zero attached hydrogens (tertiary/aromatic N) is 1. The van der Waals surface area contributed by atoms with Crippen molar-refractivity contribution in [2.24, 2.45) is 0 Å². The standard InChI is InChI=1S/C18H20N2O2S3/c1-10-6-11(2)8-15(7-10)20-25(21,22)17-9-16(23-14(17)5)18-19-12(3)13(4)24-18/h6-9,20H,1-5H3. The van der Waals surface area contributed by atoms with Crippen molar-refractivity contribution in [3.8, 4) is 9.88 Å². The first-order valence-electron chi connectivity index (χ1n) is 7.81. The highest BCUT2D eigenvalue weighted by atomic mass is 32.2. The third-order valence-electron chi connectivity index (χ3n) is 3.87. The molecule has 3 aromatic rings. The molecule has 3 rings (SSSR count). The molecule has 0 fully saturated rings. The number of thiazole rings is 1. The maximum atomic E-state index is 12.8. The number of benzene rings is 1. The summed E-state index contributed by atoms with van der Waals surface area (Å²) >= 11 is 3.05. The average Bonchev–Trinajstić information content (AvgIpc) is 3.01. The number of hydrogen-bond donors (Lipinski definition) is 1. The molecule has 25 heavy (non-hydrogen) atoms. The summed E-state index contributed by atoms with van der Waals surface area (Å²) in [4.78, 5) is 7.66. The summed E-state index contributed by atoms with van der Waals surface area (Å²) in [7, 11) is -3.63. The van der Waals surface area contributed by atoms with Crippen molar-refractivity contribution in [3.05, 3.63) is 50.8 Å². The van der Waals surface area contributed by atoms with Gasteiger partial charge < -0.3 is 0 Å². The predicted molar refractivity (Wildman–Crippen MR) is 106 cm³/mol. The van der Waals surface area contributed by atoms with E-state index in [0.717, 1.165) is 36.5 Å². The number of thiophene rings is 1. The lowest BCUT2D eigenvalue weighted by Crippen LogP contribution is -2.13. The van der Waals surface area contributed by atoms with Crippen molar-refractivity contribution in [1.82, 2.24) is 4.98 Å². The molecular weight excluding hydrogens is 372 g/mol. The summed E-state index contributed by atoms with van der Waals surface area (Å²) in [6.45, 7) is 9.72. The van der Waals surface area contributed by atoms with Crippen LogP contribution in [0, 0.1) is 34.6 Å². The van der Waals surface area contributed by atoms with Gasteiger partial charge in [-0.05, 0) is 63.9 Å². The van der Waals surface area contributed by atoms with E-state index in [1.165, 1.54) is 11.3 Å². The molecule has 4 nitrogen and oxygen atoms in total. The van der Waals surface area contributed by atoms with Crippen LogP contribution in [-0.4, -0.2) is 13.4 Å². The van der Waals surface area contributed by atoms with Gasteiger partial charge in [-0.3, -0.25) is 4.72 Å². The van der Waals surface area contributed by atoms with Crippen LogP contribution in [0.3, 0.4) is 0 Å². The molecule has 0 aliphatic rings. The Balaban J connectivity index is 1.97. The van der Waals surface area contributed by atoms with E-state index in [9.17, 15) is 8.42 Å². The molecule has 0 unspecified atom stereocenters. The molecular formula is C18H20N2O2S3. The molecule has 0 atom stereocenters. The van der Waals surface area contributed by atoms with Gasteiger partial charge in [-0.1, -0.05) is 6.07 Å². The SMILES string of the molecule is Cc1cc(C)cc(NS(=O)(=O)c2cc(-c3nc(C)c(C)s3)sc2C)c1. The van der Waals surface area contributed by atoms with Crippen molar-refractivity contribution in [3.63, 3.8) is 0 Å². The summed E-state index contributed by atoms with van der Waals surface area (Å²) in [6, 6.07) is 7.41. The normalized spacial score (nSPS) is 11.7. The van der Waals surface area contributed by atoms with Gasteiger partial charge in [0.05, 0.1) is 10.6 Å². The first kappa shape index (κ1) is 18.1. The molecule has 0 saturated carbocycles. The Hall–Kier alpha value is -1.70. The highest BCUT2D eigenvalue weighted by molar-refractivity contribution is 7.93. The summed E-state index contributed by atoms with van der Waals surface area (Å²) in [5.41, 5.74) is 3.62. The first-order chi connectivity index (χ1) is 11.7. The Bertz CT molecular complexity index is 1010. The van der Waals surface area contributed by atoms with Gasteiger partial charge in [-0.15, -0.1) is 22.7 Å². The predicted octanol–water partition coefficient (Wildman–Crippen LogP) is 5.21. The lowest BCUT2D eigenvalue weighted by atomic mass is 10.1. The van der Waals surface area contributed by atoms with Crippen LogP contribution in [0.15, 0.2) is 29.2 Å². The molecule has 2 aromatic heterocycles. The number of nitrogens with one attached hydrogen (secondary N) is 1. The van der Waals surface area contributed by atoms with E-state index in [1.54, 1.807) is 17.4 Å². The van der Waals surface area contributed by atoms with Crippen molar-refractivity contribution < 1.29 is 8.42 Å². The maximum absolute atomic E-state index is 12.8. The Kier molecular flexibility index (Phi) is 4.74. The third kappa shape index (κ3) is 3.78. The van der Waals surface area contributed by atoms with E-state index in [2.05, 4.69) is 9.71 Å². The Labute approximate surface area is 156 Å². The van der Waals surface area contributed by atoms with Crippen LogP contribution in [0.4, 0.5) is 5.69 Å². The number of anilines is 1. The van der Waals surface area contributed by atoms with E-state index in [4.69, 9.17) is 0 Å². The van der Waals surface area contributed by atoms with Gasteiger partial charge in [0.25, 0.3) is 10.0 Å². The van der Waals surface area contributed by atoms with Crippen LogP contribution in [0.25, 0.3) is 9.88 Å². The second-order valence-electron chi connectivity index (χ2n) is 6.17. The highest BCUT2D eigenvalue weighted by Crippen LogP contribution is 2.37. The average molecular weight is 393 g/mol. The lowest BCUT2D eigenvalue weighted by Gasteiger charge is -2.09. The van der Waals surface area contributed by atoms with Gasteiger partial charge in [-0.25, -0.2) is 13.4 Å². The first-order valence-corrected chi connectivity index (χ1v) is 10.9. The number of rotatable bonds is 4. The molecule has 0 spiro atoms. The minimum atomic E-state index is -3.63. The molecule has 0 amide bonds. The minimum Gasteiger partial charge on any atom is -0.280 e. The number of aryl methyl sites for hydroxylation is 5. The van der Waals surface area contributed by atoms with Gasteiger partial charge >= 0.3 is 0 Å². The largest absolute Gasteiger partial charge is 0.280 e. The van der Waals surface area contributed by atoms with E-state index >= 15 is 0 Å². The minimum absolute atomic E-state index is 0.317. The van der Waals surface area contributed by atoms with Crippen molar-refractivity contribution in [1.29, 1.82) is 0 Å². The van der Waals surface area contributed by atoms with Crippen molar-refractivity contribution in [2.45, 2.75) is 39.5 Å². The van der Waals surface area contributed by atoms with Crippen LogP contribution < -0.4 is 4.72 Å². The third-order valence-corrected chi connectivity index (χ3v) is 7.80. The summed E-state index contributed by atoms with van der Waals surface area (Å²) < 4.78 is 28.4. The quantitative estimate of drug-likeness (QED) is 0.663. The van der Waals surface area contributed by atoms with Crippen molar-refractivity contribution >= 4 is 38.4 Å². The fourth-order valence-electron chi connectivity index (χ4n) is 2.66. The summed E-state index contributed by atoms with van der Waals surface area (Å²) in [6.07, 6.45) is 0. The van der Waals surface area contributed by atoms with Gasteiger partial charge in [0.15, 0.2) is 0 Å². The van der Waals surface area contributed by atoms with E-state index in [1.807, 2.05) is 52.8 Å². The number of aromatic nitrogens is 1. The number of hydrogen-bond acceptors (Lipinski definition) is 5. The van der Waals surface area contributed by atoms with E-state index < -0.39 is 10.0 Å². The lowest BCUT2D eigenvalue weighted by molar-refractivity contribution is 0.601. The molecule has 132 valence electrons. The summed E-state index contributed by atoms with van der Waals surface area (Å²) in [5.74, 6) is 0. The van der Waals surface area contributed by atoms with Gasteiger partial charge in [-0.2, -0.15) is 0 Å². The number of sulfonamides is 1.